The average molecular weight is 423 g/mol. The van der Waals surface area contributed by atoms with Crippen LogP contribution in [0.2, 0.25) is 0 Å². The molecule has 0 amide bonds. The smallest absolute Gasteiger partial charge is 0.338 e. The highest BCUT2D eigenvalue weighted by molar-refractivity contribution is 5.93. The van der Waals surface area contributed by atoms with Crippen molar-refractivity contribution >= 4 is 11.7 Å². The van der Waals surface area contributed by atoms with E-state index in [9.17, 15) is 4.79 Å². The second-order valence-corrected chi connectivity index (χ2v) is 9.14. The normalized spacial score (nSPS) is 20.2. The molecule has 3 aliphatic rings. The van der Waals surface area contributed by atoms with Crippen LogP contribution in [0.5, 0.6) is 6.01 Å². The number of anilines is 1. The molecule has 0 unspecified atom stereocenters. The largest absolute Gasteiger partial charge is 0.467 e. The number of fused-ring (bicyclic) bond motifs is 1. The molecule has 0 N–H and O–H groups in total. The number of carbonyl (C=O) groups is 1. The molecule has 2 aromatic rings. The lowest BCUT2D eigenvalue weighted by Crippen LogP contribution is -2.42. The van der Waals surface area contributed by atoms with Crippen LogP contribution in [-0.4, -0.2) is 60.7 Å². The molecule has 1 aromatic carbocycles. The van der Waals surface area contributed by atoms with Crippen LogP contribution in [0, 0.1) is 12.3 Å². The molecule has 31 heavy (non-hydrogen) atoms. The molecule has 4 heterocycles. The van der Waals surface area contributed by atoms with Crippen LogP contribution in [0.4, 0.5) is 5.69 Å². The molecule has 5 rings (SSSR count). The number of rotatable bonds is 5. The van der Waals surface area contributed by atoms with Gasteiger partial charge >= 0.3 is 12.0 Å². The van der Waals surface area contributed by atoms with Gasteiger partial charge in [0.25, 0.3) is 0 Å². The molecule has 0 aliphatic carbocycles. The summed E-state index contributed by atoms with van der Waals surface area (Å²) in [6.07, 6.45) is 8.49. The molecule has 1 aromatic heterocycles. The lowest BCUT2D eigenvalue weighted by molar-refractivity contribution is 0.0535. The summed E-state index contributed by atoms with van der Waals surface area (Å²) in [5.41, 5.74) is 5.89. The fourth-order valence-electron chi connectivity index (χ4n) is 5.34. The molecule has 2 saturated heterocycles. The van der Waals surface area contributed by atoms with Crippen LogP contribution in [0.25, 0.3) is 0 Å². The fraction of sp³-hybridized carbons (Fsp3) is 0.542. The van der Waals surface area contributed by atoms with Gasteiger partial charge in [-0.05, 0) is 68.3 Å². The van der Waals surface area contributed by atoms with E-state index in [-0.39, 0.29) is 5.97 Å². The maximum atomic E-state index is 11.8. The summed E-state index contributed by atoms with van der Waals surface area (Å²) >= 11 is 0. The number of hydrogen-bond acceptors (Lipinski definition) is 7. The zero-order chi connectivity index (χ0) is 21.4. The number of aromatic nitrogens is 2. The molecule has 0 atom stereocenters. The van der Waals surface area contributed by atoms with E-state index >= 15 is 0 Å². The molecular weight excluding hydrogens is 392 g/mol. The first kappa shape index (κ1) is 20.2. The number of hydrogen-bond donors (Lipinski definition) is 0. The van der Waals surface area contributed by atoms with Crippen molar-refractivity contribution in [2.45, 2.75) is 39.2 Å². The fourth-order valence-corrected chi connectivity index (χ4v) is 5.34. The van der Waals surface area contributed by atoms with Crippen molar-refractivity contribution in [1.29, 1.82) is 0 Å². The van der Waals surface area contributed by atoms with Gasteiger partial charge in [0, 0.05) is 25.2 Å². The van der Waals surface area contributed by atoms with E-state index in [4.69, 9.17) is 9.47 Å². The Balaban J connectivity index is 1.15. The Labute approximate surface area is 183 Å². The minimum atomic E-state index is -0.183. The molecular formula is C24H30N4O3. The average Bonchev–Trinajstić information content (AvgIpc) is 3.39. The van der Waals surface area contributed by atoms with Crippen LogP contribution in [0.1, 0.15) is 46.3 Å². The van der Waals surface area contributed by atoms with E-state index in [1.165, 1.54) is 30.4 Å². The van der Waals surface area contributed by atoms with Gasteiger partial charge in [-0.2, -0.15) is 0 Å². The minimum Gasteiger partial charge on any atom is -0.467 e. The molecule has 0 radical (unpaired) electrons. The highest BCUT2D eigenvalue weighted by atomic mass is 16.5. The van der Waals surface area contributed by atoms with E-state index in [2.05, 4.69) is 32.8 Å². The first-order valence-corrected chi connectivity index (χ1v) is 11.2. The summed E-state index contributed by atoms with van der Waals surface area (Å²) in [5, 5.41) is 0. The van der Waals surface area contributed by atoms with E-state index in [1.54, 1.807) is 7.11 Å². The Bertz CT molecular complexity index is 968. The summed E-state index contributed by atoms with van der Waals surface area (Å²) in [5.74, 6) is -0.183. The number of nitrogens with zero attached hydrogens (tertiary/aromatic N) is 4. The Morgan fingerprint density at radius 2 is 1.87 bits per heavy atom. The topological polar surface area (TPSA) is 67.8 Å². The van der Waals surface area contributed by atoms with Crippen molar-refractivity contribution in [1.82, 2.24) is 14.9 Å². The maximum absolute atomic E-state index is 11.8. The van der Waals surface area contributed by atoms with Crippen LogP contribution in [0.15, 0.2) is 24.5 Å². The van der Waals surface area contributed by atoms with Crippen molar-refractivity contribution in [3.63, 3.8) is 0 Å². The molecule has 1 spiro atoms. The predicted molar refractivity (Wildman–Crippen MR) is 118 cm³/mol. The molecule has 0 bridgehead atoms. The monoisotopic (exact) mass is 422 g/mol. The maximum Gasteiger partial charge on any atom is 0.338 e. The molecule has 164 valence electrons. The van der Waals surface area contributed by atoms with Crippen LogP contribution >= 0.6 is 0 Å². The Hall–Kier alpha value is -2.67. The summed E-state index contributed by atoms with van der Waals surface area (Å²) in [4.78, 5) is 25.3. The van der Waals surface area contributed by atoms with Gasteiger partial charge in [-0.15, -0.1) is 0 Å². The highest BCUT2D eigenvalue weighted by Gasteiger charge is 2.40. The molecule has 3 aliphatic heterocycles. The second kappa shape index (κ2) is 8.11. The summed E-state index contributed by atoms with van der Waals surface area (Å²) in [7, 11) is 1.59. The molecule has 0 saturated carbocycles. The Kier molecular flexibility index (Phi) is 5.30. The minimum absolute atomic E-state index is 0.183. The van der Waals surface area contributed by atoms with Gasteiger partial charge in [-0.1, -0.05) is 6.07 Å². The van der Waals surface area contributed by atoms with Gasteiger partial charge in [-0.25, -0.2) is 14.8 Å². The van der Waals surface area contributed by atoms with Gasteiger partial charge in [0.15, 0.2) is 0 Å². The van der Waals surface area contributed by atoms with Crippen LogP contribution in [-0.2, 0) is 17.8 Å². The lowest BCUT2D eigenvalue weighted by atomic mass is 9.77. The van der Waals surface area contributed by atoms with Crippen molar-refractivity contribution in [2.75, 3.05) is 44.7 Å². The van der Waals surface area contributed by atoms with Crippen LogP contribution in [0.3, 0.4) is 0 Å². The standard InChI is InChI=1S/C24H30N4O3/c1-17-18(3-4-20-21(17)15-31-22(20)29)5-9-27-10-6-24(7-11-27)8-12-28(16-24)19-13-25-23(30-2)26-14-19/h3-4,13-14H,5-12,15-16H2,1-2H3. The van der Waals surface area contributed by atoms with Crippen molar-refractivity contribution in [3.8, 4) is 6.01 Å². The molecule has 7 nitrogen and oxygen atoms in total. The summed E-state index contributed by atoms with van der Waals surface area (Å²) in [6.45, 7) is 8.09. The van der Waals surface area contributed by atoms with Crippen molar-refractivity contribution in [3.05, 3.63) is 46.8 Å². The third-order valence-electron chi connectivity index (χ3n) is 7.49. The van der Waals surface area contributed by atoms with E-state index in [1.807, 2.05) is 18.5 Å². The van der Waals surface area contributed by atoms with Gasteiger partial charge in [0.1, 0.15) is 6.61 Å². The zero-order valence-corrected chi connectivity index (χ0v) is 18.4. The Morgan fingerprint density at radius 3 is 2.61 bits per heavy atom. The number of benzene rings is 1. The third kappa shape index (κ3) is 3.87. The van der Waals surface area contributed by atoms with Crippen LogP contribution < -0.4 is 9.64 Å². The number of likely N-dealkylation sites (tertiary alicyclic amines) is 1. The van der Waals surface area contributed by atoms with Gasteiger partial charge in [0.05, 0.1) is 30.8 Å². The predicted octanol–water partition coefficient (Wildman–Crippen LogP) is 3.00. The summed E-state index contributed by atoms with van der Waals surface area (Å²) in [6, 6.07) is 4.47. The van der Waals surface area contributed by atoms with Gasteiger partial charge in [0.2, 0.25) is 0 Å². The van der Waals surface area contributed by atoms with E-state index in [0.29, 0.717) is 18.0 Å². The van der Waals surface area contributed by atoms with Crippen molar-refractivity contribution in [2.24, 2.45) is 5.41 Å². The quantitative estimate of drug-likeness (QED) is 0.686. The number of ether oxygens (including phenoxy) is 2. The number of esters is 1. The second-order valence-electron chi connectivity index (χ2n) is 9.14. The zero-order valence-electron chi connectivity index (χ0n) is 18.4. The molecule has 7 heteroatoms. The Morgan fingerprint density at radius 1 is 1.13 bits per heavy atom. The lowest BCUT2D eigenvalue weighted by Gasteiger charge is -2.39. The SMILES string of the molecule is COc1ncc(N2CCC3(CCN(CCc4ccc5c(c4C)COC5=O)CC3)C2)cn1. The van der Waals surface area contributed by atoms with Gasteiger partial charge in [-0.3, -0.25) is 0 Å². The number of cyclic esters (lactones) is 1. The third-order valence-corrected chi connectivity index (χ3v) is 7.49. The number of carbonyl (C=O) groups excluding carboxylic acids is 1. The molecule has 2 fully saturated rings. The van der Waals surface area contributed by atoms with Crippen molar-refractivity contribution < 1.29 is 14.3 Å². The van der Waals surface area contributed by atoms with E-state index in [0.717, 1.165) is 56.0 Å². The first-order valence-electron chi connectivity index (χ1n) is 11.2. The number of methoxy groups -OCH3 is 1. The summed E-state index contributed by atoms with van der Waals surface area (Å²) < 4.78 is 10.3. The van der Waals surface area contributed by atoms with E-state index < -0.39 is 0 Å². The van der Waals surface area contributed by atoms with Gasteiger partial charge < -0.3 is 19.3 Å². The highest BCUT2D eigenvalue weighted by Crippen LogP contribution is 2.41. The number of piperidine rings is 1. The first-order chi connectivity index (χ1) is 15.1.